The molecule has 1 aromatic carbocycles. The van der Waals surface area contributed by atoms with Gasteiger partial charge in [-0.15, -0.1) is 5.10 Å². The van der Waals surface area contributed by atoms with Gasteiger partial charge in [0.25, 0.3) is 5.91 Å². The molecule has 2 aromatic heterocycles. The molecule has 9 heteroatoms. The van der Waals surface area contributed by atoms with Crippen LogP contribution in [0.4, 0.5) is 0 Å². The van der Waals surface area contributed by atoms with Gasteiger partial charge in [0.1, 0.15) is 25.7 Å². The van der Waals surface area contributed by atoms with Crippen LogP contribution in [0.15, 0.2) is 30.6 Å². The zero-order chi connectivity index (χ0) is 17.2. The van der Waals surface area contributed by atoms with E-state index >= 15 is 0 Å². The molecule has 2 N–H and O–H groups in total. The van der Waals surface area contributed by atoms with Gasteiger partial charge in [-0.05, 0) is 23.6 Å². The molecular formula is C16H15N5O4. The summed E-state index contributed by atoms with van der Waals surface area (Å²) in [6.45, 7) is 1.03. The Hall–Kier alpha value is -3.20. The second kappa shape index (κ2) is 6.36. The van der Waals surface area contributed by atoms with Crippen molar-refractivity contribution >= 4 is 16.7 Å². The Kier molecular flexibility index (Phi) is 3.90. The highest BCUT2D eigenvalue weighted by atomic mass is 16.5. The summed E-state index contributed by atoms with van der Waals surface area (Å²) in [5.74, 6) is 0.235. The van der Waals surface area contributed by atoms with Crippen LogP contribution in [0.3, 0.4) is 0 Å². The van der Waals surface area contributed by atoms with Crippen LogP contribution in [0.1, 0.15) is 16.1 Å². The number of carbonyl (C=O) groups excluding carboxylic acids is 1. The molecule has 1 aliphatic heterocycles. The summed E-state index contributed by atoms with van der Waals surface area (Å²) in [4.78, 5) is 16.0. The topological polar surface area (TPSA) is 114 Å². The summed E-state index contributed by atoms with van der Waals surface area (Å²) in [6.07, 6.45) is 3.22. The Morgan fingerprint density at radius 2 is 2.16 bits per heavy atom. The Morgan fingerprint density at radius 3 is 3.04 bits per heavy atom. The summed E-state index contributed by atoms with van der Waals surface area (Å²) in [5.41, 5.74) is 6.53. The summed E-state index contributed by atoms with van der Waals surface area (Å²) in [6, 6.07) is 5.17. The molecule has 4 rings (SSSR count). The average Bonchev–Trinajstić information content (AvgIpc) is 3.05. The van der Waals surface area contributed by atoms with Crippen LogP contribution in [0.25, 0.3) is 10.8 Å². The molecule has 2 bridgehead atoms. The van der Waals surface area contributed by atoms with E-state index in [1.165, 1.54) is 0 Å². The van der Waals surface area contributed by atoms with Crippen molar-refractivity contribution in [1.82, 2.24) is 20.0 Å². The van der Waals surface area contributed by atoms with Gasteiger partial charge in [-0.2, -0.15) is 0 Å². The van der Waals surface area contributed by atoms with E-state index in [1.54, 1.807) is 35.3 Å². The van der Waals surface area contributed by atoms with Gasteiger partial charge < -0.3 is 19.9 Å². The minimum atomic E-state index is -0.562. The quantitative estimate of drug-likeness (QED) is 0.698. The van der Waals surface area contributed by atoms with E-state index in [2.05, 4.69) is 15.3 Å². The summed E-state index contributed by atoms with van der Waals surface area (Å²) in [5, 5.41) is 9.33. The number of pyridine rings is 1. The molecule has 0 radical (unpaired) electrons. The molecule has 0 fully saturated rings. The summed E-state index contributed by atoms with van der Waals surface area (Å²) >= 11 is 0. The average molecular weight is 341 g/mol. The maximum atomic E-state index is 11.7. The van der Waals surface area contributed by atoms with Crippen LogP contribution < -0.4 is 15.2 Å². The first-order valence-corrected chi connectivity index (χ1v) is 7.65. The van der Waals surface area contributed by atoms with Crippen molar-refractivity contribution in [1.29, 1.82) is 0 Å². The van der Waals surface area contributed by atoms with E-state index in [-0.39, 0.29) is 19.9 Å². The largest absolute Gasteiger partial charge is 0.490 e. The van der Waals surface area contributed by atoms with Crippen molar-refractivity contribution < 1.29 is 19.0 Å². The molecule has 25 heavy (non-hydrogen) atoms. The predicted molar refractivity (Wildman–Crippen MR) is 86.1 cm³/mol. The Labute approximate surface area is 142 Å². The molecule has 0 saturated carbocycles. The third-order valence-corrected chi connectivity index (χ3v) is 3.85. The lowest BCUT2D eigenvalue weighted by Crippen LogP contribution is -2.16. The molecular weight excluding hydrogens is 326 g/mol. The fourth-order valence-corrected chi connectivity index (χ4v) is 2.60. The molecule has 3 aromatic rings. The fraction of sp³-hybridized carbons (Fsp3) is 0.250. The lowest BCUT2D eigenvalue weighted by Gasteiger charge is -2.12. The molecule has 1 amide bonds. The Bertz CT molecular complexity index is 939. The van der Waals surface area contributed by atoms with Gasteiger partial charge in [-0.3, -0.25) is 4.79 Å². The minimum Gasteiger partial charge on any atom is -0.490 e. The third kappa shape index (κ3) is 2.96. The maximum Gasteiger partial charge on any atom is 0.252 e. The minimum absolute atomic E-state index is 0.222. The standard InChI is InChI=1S/C16H15N5O4/c17-15(22)13-5-10-1-2-18-16-12(10)6-14(13)24-4-3-23-9-21-11(8-25-16)7-19-20-21/h1-2,5-7H,3-4,8-9H2,(H2,17,22). The number of benzene rings is 1. The number of aromatic nitrogens is 4. The van der Waals surface area contributed by atoms with Crippen molar-refractivity contribution in [2.24, 2.45) is 5.73 Å². The van der Waals surface area contributed by atoms with Crippen molar-refractivity contribution in [3.63, 3.8) is 0 Å². The third-order valence-electron chi connectivity index (χ3n) is 3.85. The molecule has 1 aliphatic rings. The summed E-state index contributed by atoms with van der Waals surface area (Å²) in [7, 11) is 0. The van der Waals surface area contributed by atoms with E-state index in [9.17, 15) is 4.79 Å². The van der Waals surface area contributed by atoms with Crippen molar-refractivity contribution in [2.75, 3.05) is 13.2 Å². The first-order valence-electron chi connectivity index (χ1n) is 7.65. The number of ether oxygens (including phenoxy) is 3. The van der Waals surface area contributed by atoms with Crippen LogP contribution in [-0.4, -0.2) is 39.1 Å². The number of amides is 1. The highest BCUT2D eigenvalue weighted by molar-refractivity contribution is 6.01. The van der Waals surface area contributed by atoms with Gasteiger partial charge in [0, 0.05) is 11.6 Å². The van der Waals surface area contributed by atoms with E-state index in [0.29, 0.717) is 23.8 Å². The fourth-order valence-electron chi connectivity index (χ4n) is 2.60. The monoisotopic (exact) mass is 341 g/mol. The molecule has 9 nitrogen and oxygen atoms in total. The zero-order valence-electron chi connectivity index (χ0n) is 13.2. The van der Waals surface area contributed by atoms with Crippen LogP contribution >= 0.6 is 0 Å². The number of primary amides is 1. The number of fused-ring (bicyclic) bond motifs is 2. The zero-order valence-corrected chi connectivity index (χ0v) is 13.2. The lowest BCUT2D eigenvalue weighted by atomic mass is 10.1. The van der Waals surface area contributed by atoms with Crippen LogP contribution in [-0.2, 0) is 18.1 Å². The molecule has 0 spiro atoms. The summed E-state index contributed by atoms with van der Waals surface area (Å²) < 4.78 is 18.6. The predicted octanol–water partition coefficient (Wildman–Crippen LogP) is 0.871. The molecule has 0 atom stereocenters. The Balaban J connectivity index is 1.81. The number of nitrogens with two attached hydrogens (primary N) is 1. The number of hydrogen-bond donors (Lipinski definition) is 1. The van der Waals surface area contributed by atoms with Gasteiger partial charge in [0.05, 0.1) is 24.1 Å². The number of carbonyl (C=O) groups is 1. The molecule has 128 valence electrons. The molecule has 0 saturated heterocycles. The van der Waals surface area contributed by atoms with Gasteiger partial charge in [-0.1, -0.05) is 5.21 Å². The van der Waals surface area contributed by atoms with Crippen molar-refractivity contribution in [3.05, 3.63) is 41.9 Å². The Morgan fingerprint density at radius 1 is 1.24 bits per heavy atom. The first-order chi connectivity index (χ1) is 12.2. The highest BCUT2D eigenvalue weighted by Gasteiger charge is 2.16. The van der Waals surface area contributed by atoms with Crippen LogP contribution in [0.2, 0.25) is 0 Å². The van der Waals surface area contributed by atoms with E-state index in [0.717, 1.165) is 16.5 Å². The first kappa shape index (κ1) is 15.3. The molecule has 0 aliphatic carbocycles. The second-order valence-electron chi connectivity index (χ2n) is 5.45. The second-order valence-corrected chi connectivity index (χ2v) is 5.45. The van der Waals surface area contributed by atoms with E-state index in [1.807, 2.05) is 0 Å². The SMILES string of the molecule is NC(=O)c1cc2ccnc3c2cc1OCCOCn1nncc1CO3. The van der Waals surface area contributed by atoms with Crippen LogP contribution in [0, 0.1) is 0 Å². The number of hydrogen-bond acceptors (Lipinski definition) is 7. The van der Waals surface area contributed by atoms with E-state index in [4.69, 9.17) is 19.9 Å². The number of rotatable bonds is 1. The van der Waals surface area contributed by atoms with E-state index < -0.39 is 5.91 Å². The number of nitrogens with zero attached hydrogens (tertiary/aromatic N) is 4. The lowest BCUT2D eigenvalue weighted by molar-refractivity contribution is 0.0430. The maximum absolute atomic E-state index is 11.7. The smallest absolute Gasteiger partial charge is 0.252 e. The highest BCUT2D eigenvalue weighted by Crippen LogP contribution is 2.31. The van der Waals surface area contributed by atoms with Gasteiger partial charge in [0.15, 0.2) is 0 Å². The molecule has 3 heterocycles. The van der Waals surface area contributed by atoms with Crippen molar-refractivity contribution in [3.8, 4) is 11.6 Å². The van der Waals surface area contributed by atoms with Gasteiger partial charge in [-0.25, -0.2) is 9.67 Å². The van der Waals surface area contributed by atoms with Gasteiger partial charge >= 0.3 is 0 Å². The van der Waals surface area contributed by atoms with Crippen LogP contribution in [0.5, 0.6) is 11.6 Å². The molecule has 0 unspecified atom stereocenters. The normalized spacial score (nSPS) is 14.6. The van der Waals surface area contributed by atoms with Gasteiger partial charge in [0.2, 0.25) is 5.88 Å². The van der Waals surface area contributed by atoms with Crippen molar-refractivity contribution in [2.45, 2.75) is 13.3 Å².